The number of nitrogens with zero attached hydrogens (tertiary/aromatic N) is 1. The van der Waals surface area contributed by atoms with Crippen molar-refractivity contribution in [3.63, 3.8) is 0 Å². The van der Waals surface area contributed by atoms with Crippen molar-refractivity contribution in [3.05, 3.63) is 65.0 Å². The Hall–Kier alpha value is -2.67. The van der Waals surface area contributed by atoms with E-state index in [0.717, 1.165) is 17.3 Å². The van der Waals surface area contributed by atoms with Crippen molar-refractivity contribution in [2.24, 2.45) is 0 Å². The number of thioether (sulfide) groups is 1. The van der Waals surface area contributed by atoms with Crippen LogP contribution in [0.1, 0.15) is 21.5 Å². The van der Waals surface area contributed by atoms with Gasteiger partial charge in [0.2, 0.25) is 5.91 Å². The Kier molecular flexibility index (Phi) is 4.85. The molecule has 1 fully saturated rings. The van der Waals surface area contributed by atoms with Crippen molar-refractivity contribution in [2.75, 3.05) is 11.1 Å². The molecule has 7 heteroatoms. The lowest BCUT2D eigenvalue weighted by molar-refractivity contribution is -0.125. The van der Waals surface area contributed by atoms with Crippen molar-refractivity contribution >= 4 is 34.5 Å². The number of halogens is 1. The van der Waals surface area contributed by atoms with E-state index in [1.165, 1.54) is 23.1 Å². The molecule has 128 valence electrons. The summed E-state index contributed by atoms with van der Waals surface area (Å²) in [7, 11) is 0. The Morgan fingerprint density at radius 2 is 1.92 bits per heavy atom. The molecule has 0 radical (unpaired) electrons. The number of aryl methyl sites for hydroxylation is 1. The Balaban J connectivity index is 1.66. The van der Waals surface area contributed by atoms with Crippen molar-refractivity contribution in [3.8, 4) is 0 Å². The zero-order chi connectivity index (χ0) is 18.0. The quantitative estimate of drug-likeness (QED) is 0.907. The summed E-state index contributed by atoms with van der Waals surface area (Å²) in [5.41, 5.74) is 2.14. The standard InChI is InChI=1S/C18H15FN2O3S/c1-11-8-13(4-7-15(11)19)17(23)20-14-5-2-12(3-6-14)9-21-16(22)10-25-18(21)24/h2-8H,9-10H2,1H3,(H,20,23). The second-order valence-electron chi connectivity index (χ2n) is 5.65. The first-order valence-corrected chi connectivity index (χ1v) is 8.56. The molecule has 5 nitrogen and oxygen atoms in total. The van der Waals surface area contributed by atoms with E-state index in [-0.39, 0.29) is 35.2 Å². The fourth-order valence-electron chi connectivity index (χ4n) is 2.40. The van der Waals surface area contributed by atoms with E-state index in [1.807, 2.05) is 0 Å². The van der Waals surface area contributed by atoms with Crippen LogP contribution in [0.5, 0.6) is 0 Å². The number of anilines is 1. The van der Waals surface area contributed by atoms with E-state index in [0.29, 0.717) is 16.8 Å². The first-order valence-electron chi connectivity index (χ1n) is 7.57. The normalized spacial score (nSPS) is 14.1. The molecule has 0 bridgehead atoms. The van der Waals surface area contributed by atoms with Crippen molar-refractivity contribution < 1.29 is 18.8 Å². The SMILES string of the molecule is Cc1cc(C(=O)Nc2ccc(CN3C(=O)CSC3=O)cc2)ccc1F. The highest BCUT2D eigenvalue weighted by atomic mass is 32.2. The topological polar surface area (TPSA) is 66.5 Å². The van der Waals surface area contributed by atoms with Gasteiger partial charge < -0.3 is 5.32 Å². The van der Waals surface area contributed by atoms with Gasteiger partial charge in [0.25, 0.3) is 11.1 Å². The van der Waals surface area contributed by atoms with Crippen molar-refractivity contribution in [1.82, 2.24) is 4.90 Å². The minimum atomic E-state index is -0.356. The van der Waals surface area contributed by atoms with Gasteiger partial charge >= 0.3 is 0 Å². The summed E-state index contributed by atoms with van der Waals surface area (Å²) in [5, 5.41) is 2.49. The van der Waals surface area contributed by atoms with Gasteiger partial charge in [0.1, 0.15) is 5.82 Å². The minimum absolute atomic E-state index is 0.185. The van der Waals surface area contributed by atoms with Crippen LogP contribution in [-0.4, -0.2) is 27.7 Å². The monoisotopic (exact) mass is 358 g/mol. The van der Waals surface area contributed by atoms with E-state index in [9.17, 15) is 18.8 Å². The maximum absolute atomic E-state index is 13.3. The summed E-state index contributed by atoms with van der Waals surface area (Å²) < 4.78 is 13.3. The smallest absolute Gasteiger partial charge is 0.289 e. The maximum atomic E-state index is 13.3. The maximum Gasteiger partial charge on any atom is 0.289 e. The third-order valence-corrected chi connectivity index (χ3v) is 4.67. The molecule has 1 saturated heterocycles. The van der Waals surface area contributed by atoms with E-state index < -0.39 is 0 Å². The van der Waals surface area contributed by atoms with Crippen molar-refractivity contribution in [1.29, 1.82) is 0 Å². The largest absolute Gasteiger partial charge is 0.322 e. The minimum Gasteiger partial charge on any atom is -0.322 e. The lowest BCUT2D eigenvalue weighted by Crippen LogP contribution is -2.27. The predicted molar refractivity (Wildman–Crippen MR) is 93.9 cm³/mol. The van der Waals surface area contributed by atoms with Crippen LogP contribution in [0.4, 0.5) is 14.9 Å². The zero-order valence-corrected chi connectivity index (χ0v) is 14.2. The molecule has 2 aromatic carbocycles. The summed E-state index contributed by atoms with van der Waals surface area (Å²) in [6, 6.07) is 11.1. The summed E-state index contributed by atoms with van der Waals surface area (Å²) in [4.78, 5) is 36.6. The summed E-state index contributed by atoms with van der Waals surface area (Å²) in [5.74, 6) is -0.703. The van der Waals surface area contributed by atoms with Gasteiger partial charge in [-0.1, -0.05) is 23.9 Å². The van der Waals surface area contributed by atoms with Crippen LogP contribution in [0.15, 0.2) is 42.5 Å². The lowest BCUT2D eigenvalue weighted by Gasteiger charge is -2.13. The van der Waals surface area contributed by atoms with Gasteiger partial charge in [-0.05, 0) is 48.4 Å². The van der Waals surface area contributed by atoms with Gasteiger partial charge in [0.15, 0.2) is 0 Å². The number of rotatable bonds is 4. The predicted octanol–water partition coefficient (Wildman–Crippen LogP) is 3.58. The van der Waals surface area contributed by atoms with Gasteiger partial charge in [-0.15, -0.1) is 0 Å². The third-order valence-electron chi connectivity index (χ3n) is 3.81. The summed E-state index contributed by atoms with van der Waals surface area (Å²) in [6.07, 6.45) is 0. The molecule has 25 heavy (non-hydrogen) atoms. The first kappa shape index (κ1) is 17.2. The second-order valence-corrected chi connectivity index (χ2v) is 6.58. The van der Waals surface area contributed by atoms with Gasteiger partial charge in [-0.25, -0.2) is 4.39 Å². The highest BCUT2D eigenvalue weighted by molar-refractivity contribution is 8.14. The van der Waals surface area contributed by atoms with Crippen LogP contribution in [0, 0.1) is 12.7 Å². The molecule has 0 aromatic heterocycles. The van der Waals surface area contributed by atoms with Gasteiger partial charge in [0, 0.05) is 11.3 Å². The molecule has 1 heterocycles. The van der Waals surface area contributed by atoms with Crippen LogP contribution >= 0.6 is 11.8 Å². The zero-order valence-electron chi connectivity index (χ0n) is 13.4. The van der Waals surface area contributed by atoms with Crippen molar-refractivity contribution in [2.45, 2.75) is 13.5 Å². The Labute approximate surface area is 148 Å². The fourth-order valence-corrected chi connectivity index (χ4v) is 3.12. The molecular formula is C18H15FN2O3S. The molecule has 2 aromatic rings. The number of nitrogens with one attached hydrogen (secondary N) is 1. The first-order chi connectivity index (χ1) is 11.9. The van der Waals surface area contributed by atoms with Crippen LogP contribution in [0.25, 0.3) is 0 Å². The second kappa shape index (κ2) is 7.06. The molecule has 0 spiro atoms. The summed E-state index contributed by atoms with van der Waals surface area (Å²) >= 11 is 0.998. The van der Waals surface area contributed by atoms with Crippen LogP contribution < -0.4 is 5.32 Å². The number of hydrogen-bond acceptors (Lipinski definition) is 4. The highest BCUT2D eigenvalue weighted by Gasteiger charge is 2.29. The van der Waals surface area contributed by atoms with E-state index >= 15 is 0 Å². The Morgan fingerprint density at radius 3 is 2.52 bits per heavy atom. The van der Waals surface area contributed by atoms with Crippen LogP contribution in [0.2, 0.25) is 0 Å². The van der Waals surface area contributed by atoms with Crippen LogP contribution in [0.3, 0.4) is 0 Å². The van der Waals surface area contributed by atoms with Gasteiger partial charge in [-0.2, -0.15) is 0 Å². The highest BCUT2D eigenvalue weighted by Crippen LogP contribution is 2.22. The number of amides is 3. The van der Waals surface area contributed by atoms with E-state index in [1.54, 1.807) is 31.2 Å². The number of benzene rings is 2. The fraction of sp³-hybridized carbons (Fsp3) is 0.167. The number of hydrogen-bond donors (Lipinski definition) is 1. The average molecular weight is 358 g/mol. The average Bonchev–Trinajstić information content (AvgIpc) is 2.91. The molecule has 3 rings (SSSR count). The molecule has 0 unspecified atom stereocenters. The molecule has 0 atom stereocenters. The number of imide groups is 1. The molecular weight excluding hydrogens is 343 g/mol. The van der Waals surface area contributed by atoms with Crippen LogP contribution in [-0.2, 0) is 11.3 Å². The molecule has 3 amide bonds. The summed E-state index contributed by atoms with van der Waals surface area (Å²) in [6.45, 7) is 1.82. The molecule has 1 aliphatic rings. The molecule has 1 N–H and O–H groups in total. The van der Waals surface area contributed by atoms with Gasteiger partial charge in [0.05, 0.1) is 12.3 Å². The van der Waals surface area contributed by atoms with E-state index in [4.69, 9.17) is 0 Å². The van der Waals surface area contributed by atoms with Gasteiger partial charge in [-0.3, -0.25) is 19.3 Å². The number of carbonyl (C=O) groups is 3. The van der Waals surface area contributed by atoms with E-state index in [2.05, 4.69) is 5.32 Å². The molecule has 0 aliphatic carbocycles. The Morgan fingerprint density at radius 1 is 1.20 bits per heavy atom. The molecule has 1 aliphatic heterocycles. The Bertz CT molecular complexity index is 836. The third kappa shape index (κ3) is 3.88. The lowest BCUT2D eigenvalue weighted by atomic mass is 10.1. The molecule has 0 saturated carbocycles. The number of carbonyl (C=O) groups excluding carboxylic acids is 3.